The van der Waals surface area contributed by atoms with E-state index >= 15 is 0 Å². The Bertz CT molecular complexity index is 1130. The van der Waals surface area contributed by atoms with Gasteiger partial charge in [-0.2, -0.15) is 0 Å². The second-order valence-electron chi connectivity index (χ2n) is 5.72. The third-order valence-corrected chi connectivity index (χ3v) is 4.90. The van der Waals surface area contributed by atoms with Crippen LogP contribution < -0.4 is 5.73 Å². The molecule has 2 heterocycles. The van der Waals surface area contributed by atoms with Gasteiger partial charge in [-0.25, -0.2) is 9.97 Å². The van der Waals surface area contributed by atoms with Crippen LogP contribution in [-0.4, -0.2) is 30.6 Å². The Morgan fingerprint density at radius 3 is 2.44 bits per heavy atom. The Balaban J connectivity index is 1.79. The van der Waals surface area contributed by atoms with Crippen molar-refractivity contribution in [2.75, 3.05) is 12.0 Å². The maximum Gasteiger partial charge on any atom is 0.270 e. The van der Waals surface area contributed by atoms with Gasteiger partial charge < -0.3 is 10.2 Å². The van der Waals surface area contributed by atoms with Gasteiger partial charge in [0.1, 0.15) is 0 Å². The van der Waals surface area contributed by atoms with E-state index in [1.807, 2.05) is 48.5 Å². The fourth-order valence-electron chi connectivity index (χ4n) is 2.63. The Morgan fingerprint density at radius 1 is 0.963 bits per heavy atom. The maximum atomic E-state index is 12.0. The van der Waals surface area contributed by atoms with Gasteiger partial charge in [-0.3, -0.25) is 4.21 Å². The van der Waals surface area contributed by atoms with E-state index in [2.05, 4.69) is 20.2 Å². The highest BCUT2D eigenvalue weighted by molar-refractivity contribution is 7.84. The highest BCUT2D eigenvalue weighted by Crippen LogP contribution is 2.29. The van der Waals surface area contributed by atoms with Gasteiger partial charge in [-0.05, 0) is 18.2 Å². The van der Waals surface area contributed by atoms with Crippen molar-refractivity contribution < 1.29 is 8.63 Å². The number of aromatic nitrogens is 4. The predicted molar refractivity (Wildman–Crippen MR) is 103 cm³/mol. The second-order valence-corrected chi connectivity index (χ2v) is 7.07. The first-order chi connectivity index (χ1) is 13.1. The van der Waals surface area contributed by atoms with E-state index in [1.54, 1.807) is 18.5 Å². The molecule has 4 aromatic rings. The molecule has 0 bridgehead atoms. The summed E-state index contributed by atoms with van der Waals surface area (Å²) < 4.78 is 17.8. The molecule has 2 aromatic heterocycles. The number of hydrogen-bond acceptors (Lipinski definition) is 7. The van der Waals surface area contributed by atoms with E-state index in [-0.39, 0.29) is 11.7 Å². The number of nitrogens with two attached hydrogens (primary N) is 1. The summed E-state index contributed by atoms with van der Waals surface area (Å²) in [6.45, 7) is 0. The molecular weight excluding hydrogens is 362 g/mol. The van der Waals surface area contributed by atoms with Gasteiger partial charge in [-0.15, -0.1) is 10.2 Å². The number of rotatable bonds is 4. The molecule has 27 heavy (non-hydrogen) atoms. The van der Waals surface area contributed by atoms with Crippen LogP contribution in [0.1, 0.15) is 0 Å². The molecule has 2 N–H and O–H groups in total. The molecule has 0 aliphatic rings. The van der Waals surface area contributed by atoms with Crippen LogP contribution in [0.3, 0.4) is 0 Å². The van der Waals surface area contributed by atoms with Crippen LogP contribution in [0.25, 0.3) is 34.3 Å². The van der Waals surface area contributed by atoms with Crippen molar-refractivity contribution in [2.45, 2.75) is 4.90 Å². The van der Waals surface area contributed by atoms with Gasteiger partial charge in [0.25, 0.3) is 5.89 Å². The van der Waals surface area contributed by atoms with Crippen molar-refractivity contribution in [3.63, 3.8) is 0 Å². The maximum absolute atomic E-state index is 12.0. The lowest BCUT2D eigenvalue weighted by Crippen LogP contribution is -2.01. The standard InChI is InChI=1S/C19H15N5O2S/c1-27(25)15-10-6-5-9-13(15)14-11-21-17(20)16(22-14)19-24-23-18(26-19)12-7-3-2-4-8-12/h2-11H,1H3,(H2,20,21). The SMILES string of the molecule is CS(=O)c1ccccc1-c1cnc(N)c(-c2nnc(-c3ccccc3)o2)n1. The molecule has 1 atom stereocenters. The summed E-state index contributed by atoms with van der Waals surface area (Å²) in [6.07, 6.45) is 3.16. The zero-order chi connectivity index (χ0) is 18.8. The second kappa shape index (κ2) is 7.08. The minimum atomic E-state index is -1.17. The van der Waals surface area contributed by atoms with Crippen LogP contribution in [-0.2, 0) is 10.8 Å². The monoisotopic (exact) mass is 377 g/mol. The van der Waals surface area contributed by atoms with Crippen molar-refractivity contribution >= 4 is 16.6 Å². The van der Waals surface area contributed by atoms with E-state index in [0.29, 0.717) is 22.2 Å². The lowest BCUT2D eigenvalue weighted by atomic mass is 10.1. The quantitative estimate of drug-likeness (QED) is 0.582. The van der Waals surface area contributed by atoms with Gasteiger partial charge in [0, 0.05) is 22.3 Å². The lowest BCUT2D eigenvalue weighted by molar-refractivity contribution is 0.582. The summed E-state index contributed by atoms with van der Waals surface area (Å²) in [7, 11) is -1.17. The zero-order valence-corrected chi connectivity index (χ0v) is 15.2. The Labute approximate surface area is 157 Å². The Morgan fingerprint density at radius 2 is 1.67 bits per heavy atom. The molecule has 4 rings (SSSR count). The fraction of sp³-hybridized carbons (Fsp3) is 0.0526. The highest BCUT2D eigenvalue weighted by atomic mass is 32.2. The molecule has 0 fully saturated rings. The number of anilines is 1. The zero-order valence-electron chi connectivity index (χ0n) is 14.4. The van der Waals surface area contributed by atoms with E-state index in [9.17, 15) is 4.21 Å². The molecule has 2 aromatic carbocycles. The Hall–Kier alpha value is -3.39. The molecule has 1 unspecified atom stereocenters. The average Bonchev–Trinajstić information content (AvgIpc) is 3.19. The smallest absolute Gasteiger partial charge is 0.270 e. The third kappa shape index (κ3) is 3.34. The lowest BCUT2D eigenvalue weighted by Gasteiger charge is -2.08. The summed E-state index contributed by atoms with van der Waals surface area (Å²) in [5.41, 5.74) is 8.32. The molecule has 8 heteroatoms. The highest BCUT2D eigenvalue weighted by Gasteiger charge is 2.18. The van der Waals surface area contributed by atoms with Gasteiger partial charge in [0.2, 0.25) is 5.89 Å². The molecule has 0 aliphatic heterocycles. The molecule has 0 aliphatic carbocycles. The third-order valence-electron chi connectivity index (χ3n) is 3.92. The summed E-state index contributed by atoms with van der Waals surface area (Å²) in [4.78, 5) is 9.41. The minimum Gasteiger partial charge on any atom is -0.414 e. The van der Waals surface area contributed by atoms with Crippen molar-refractivity contribution in [2.24, 2.45) is 0 Å². The first-order valence-corrected chi connectivity index (χ1v) is 9.64. The van der Waals surface area contributed by atoms with Crippen molar-refractivity contribution in [3.05, 3.63) is 60.8 Å². The normalized spacial score (nSPS) is 12.0. The number of nitrogens with zero attached hydrogens (tertiary/aromatic N) is 4. The molecule has 0 radical (unpaired) electrons. The van der Waals surface area contributed by atoms with E-state index in [4.69, 9.17) is 10.2 Å². The van der Waals surface area contributed by atoms with Crippen molar-refractivity contribution in [1.29, 1.82) is 0 Å². The molecule has 134 valence electrons. The van der Waals surface area contributed by atoms with E-state index in [1.165, 1.54) is 0 Å². The molecule has 0 spiro atoms. The topological polar surface area (TPSA) is 108 Å². The summed E-state index contributed by atoms with van der Waals surface area (Å²) in [5.74, 6) is 0.722. The summed E-state index contributed by atoms with van der Waals surface area (Å²) >= 11 is 0. The number of nitrogen functional groups attached to an aromatic ring is 1. The van der Waals surface area contributed by atoms with Crippen LogP contribution >= 0.6 is 0 Å². The van der Waals surface area contributed by atoms with Crippen molar-refractivity contribution in [3.8, 4) is 34.3 Å². The summed E-state index contributed by atoms with van der Waals surface area (Å²) in [5, 5.41) is 8.12. The van der Waals surface area contributed by atoms with Crippen LogP contribution in [0.5, 0.6) is 0 Å². The molecular formula is C19H15N5O2S. The molecule has 7 nitrogen and oxygen atoms in total. The number of hydrogen-bond donors (Lipinski definition) is 1. The Kier molecular flexibility index (Phi) is 4.47. The predicted octanol–water partition coefficient (Wildman–Crippen LogP) is 3.18. The van der Waals surface area contributed by atoms with Gasteiger partial charge in [0.05, 0.1) is 22.7 Å². The van der Waals surface area contributed by atoms with Gasteiger partial charge in [-0.1, -0.05) is 36.4 Å². The van der Waals surface area contributed by atoms with Crippen LogP contribution in [0.4, 0.5) is 5.82 Å². The van der Waals surface area contributed by atoms with Crippen molar-refractivity contribution in [1.82, 2.24) is 20.2 Å². The average molecular weight is 377 g/mol. The summed E-state index contributed by atoms with van der Waals surface area (Å²) in [6, 6.07) is 16.7. The molecule has 0 saturated carbocycles. The first-order valence-electron chi connectivity index (χ1n) is 8.08. The van der Waals surface area contributed by atoms with E-state index in [0.717, 1.165) is 11.1 Å². The first kappa shape index (κ1) is 17.0. The minimum absolute atomic E-state index is 0.177. The largest absolute Gasteiger partial charge is 0.414 e. The fourth-order valence-corrected chi connectivity index (χ4v) is 3.38. The number of benzene rings is 2. The van der Waals surface area contributed by atoms with Crippen LogP contribution in [0, 0.1) is 0 Å². The van der Waals surface area contributed by atoms with E-state index < -0.39 is 10.8 Å². The van der Waals surface area contributed by atoms with Gasteiger partial charge >= 0.3 is 0 Å². The van der Waals surface area contributed by atoms with Crippen LogP contribution in [0.15, 0.2) is 70.1 Å². The van der Waals surface area contributed by atoms with Gasteiger partial charge in [0.15, 0.2) is 11.5 Å². The van der Waals surface area contributed by atoms with Crippen LogP contribution in [0.2, 0.25) is 0 Å². The molecule has 0 saturated heterocycles. The molecule has 0 amide bonds.